The number of aromatic carboxylic acids is 1. The number of aryl methyl sites for hydroxylation is 1. The third-order valence-corrected chi connectivity index (χ3v) is 4.69. The molecule has 0 saturated heterocycles. The van der Waals surface area contributed by atoms with Crippen molar-refractivity contribution in [2.75, 3.05) is 0 Å². The van der Waals surface area contributed by atoms with Crippen molar-refractivity contribution < 1.29 is 9.90 Å². The molecular weight excluding hydrogens is 246 g/mol. The molecule has 1 heterocycles. The number of carboxylic acids is 1. The quantitative estimate of drug-likeness (QED) is 0.904. The minimum absolute atomic E-state index is 0.337. The smallest absolute Gasteiger partial charge is 0.338 e. The Balaban J connectivity index is 2.16. The van der Waals surface area contributed by atoms with Crippen molar-refractivity contribution in [3.8, 4) is 0 Å². The maximum absolute atomic E-state index is 11.2. The normalized spacial score (nSPS) is 23.9. The van der Waals surface area contributed by atoms with E-state index in [0.29, 0.717) is 15.8 Å². The molecule has 1 fully saturated rings. The summed E-state index contributed by atoms with van der Waals surface area (Å²) in [5.74, 6) is -0.136. The number of aromatic nitrogens is 1. The molecule has 0 bridgehead atoms. The predicted molar refractivity (Wildman–Crippen MR) is 73.2 cm³/mol. The lowest BCUT2D eigenvalue weighted by atomic mass is 9.91. The minimum Gasteiger partial charge on any atom is -0.478 e. The van der Waals surface area contributed by atoms with Gasteiger partial charge in [-0.05, 0) is 37.8 Å². The Bertz CT molecular complexity index is 447. The summed E-state index contributed by atoms with van der Waals surface area (Å²) >= 11 is 1.65. The molecule has 1 aliphatic rings. The average molecular weight is 265 g/mol. The molecule has 18 heavy (non-hydrogen) atoms. The van der Waals surface area contributed by atoms with Crippen LogP contribution in [0.1, 0.15) is 48.7 Å². The molecule has 98 valence electrons. The maximum Gasteiger partial charge on any atom is 0.338 e. The SMILES string of the molecule is Cc1ccc(C(=O)O)c(SC2CCCC(C)C2)n1. The molecule has 2 atom stereocenters. The Labute approximate surface area is 112 Å². The highest BCUT2D eigenvalue weighted by Gasteiger charge is 2.22. The summed E-state index contributed by atoms with van der Waals surface area (Å²) in [7, 11) is 0. The van der Waals surface area contributed by atoms with Crippen molar-refractivity contribution in [3.05, 3.63) is 23.4 Å². The molecule has 1 aromatic heterocycles. The Morgan fingerprint density at radius 2 is 2.22 bits per heavy atom. The van der Waals surface area contributed by atoms with Crippen LogP contribution in [-0.4, -0.2) is 21.3 Å². The second kappa shape index (κ2) is 5.74. The molecule has 3 nitrogen and oxygen atoms in total. The first-order chi connectivity index (χ1) is 8.56. The van der Waals surface area contributed by atoms with Crippen LogP contribution in [0.25, 0.3) is 0 Å². The number of carboxylic acid groups (broad SMARTS) is 1. The highest BCUT2D eigenvalue weighted by Crippen LogP contribution is 2.36. The van der Waals surface area contributed by atoms with Crippen LogP contribution >= 0.6 is 11.8 Å². The first-order valence-corrected chi connectivity index (χ1v) is 7.32. The van der Waals surface area contributed by atoms with Gasteiger partial charge in [-0.2, -0.15) is 0 Å². The Hall–Kier alpha value is -1.03. The van der Waals surface area contributed by atoms with Gasteiger partial charge in [0.05, 0.1) is 5.56 Å². The zero-order valence-corrected chi connectivity index (χ0v) is 11.7. The fraction of sp³-hybridized carbons (Fsp3) is 0.571. The van der Waals surface area contributed by atoms with E-state index in [2.05, 4.69) is 11.9 Å². The molecule has 0 spiro atoms. The van der Waals surface area contributed by atoms with Gasteiger partial charge in [-0.1, -0.05) is 19.8 Å². The van der Waals surface area contributed by atoms with Crippen molar-refractivity contribution in [2.45, 2.75) is 49.8 Å². The van der Waals surface area contributed by atoms with Crippen molar-refractivity contribution in [1.29, 1.82) is 0 Å². The van der Waals surface area contributed by atoms with E-state index in [1.807, 2.05) is 6.92 Å². The van der Waals surface area contributed by atoms with Crippen molar-refractivity contribution >= 4 is 17.7 Å². The first-order valence-electron chi connectivity index (χ1n) is 6.44. The van der Waals surface area contributed by atoms with Gasteiger partial charge in [-0.25, -0.2) is 9.78 Å². The highest BCUT2D eigenvalue weighted by atomic mass is 32.2. The van der Waals surface area contributed by atoms with E-state index in [9.17, 15) is 9.90 Å². The van der Waals surface area contributed by atoms with Gasteiger partial charge in [-0.3, -0.25) is 0 Å². The lowest BCUT2D eigenvalue weighted by Crippen LogP contribution is -2.16. The topological polar surface area (TPSA) is 50.2 Å². The lowest BCUT2D eigenvalue weighted by Gasteiger charge is -2.26. The van der Waals surface area contributed by atoms with E-state index in [4.69, 9.17) is 0 Å². The molecule has 2 unspecified atom stereocenters. The van der Waals surface area contributed by atoms with Gasteiger partial charge in [0.1, 0.15) is 5.03 Å². The van der Waals surface area contributed by atoms with Crippen LogP contribution in [0.4, 0.5) is 0 Å². The molecule has 0 amide bonds. The molecular formula is C14H19NO2S. The van der Waals surface area contributed by atoms with E-state index >= 15 is 0 Å². The van der Waals surface area contributed by atoms with E-state index < -0.39 is 5.97 Å². The van der Waals surface area contributed by atoms with Crippen molar-refractivity contribution in [2.24, 2.45) is 5.92 Å². The van der Waals surface area contributed by atoms with Crippen LogP contribution < -0.4 is 0 Å². The van der Waals surface area contributed by atoms with Crippen molar-refractivity contribution in [1.82, 2.24) is 4.98 Å². The van der Waals surface area contributed by atoms with Crippen LogP contribution in [0.5, 0.6) is 0 Å². The standard InChI is InChI=1S/C14H19NO2S/c1-9-4-3-5-11(8-9)18-13-12(14(16)17)7-6-10(2)15-13/h6-7,9,11H,3-5,8H2,1-2H3,(H,16,17). The van der Waals surface area contributed by atoms with Crippen LogP contribution in [0.3, 0.4) is 0 Å². The molecule has 1 saturated carbocycles. The molecule has 1 aliphatic carbocycles. The van der Waals surface area contributed by atoms with Crippen LogP contribution in [-0.2, 0) is 0 Å². The first kappa shape index (κ1) is 13.4. The van der Waals surface area contributed by atoms with E-state index in [-0.39, 0.29) is 0 Å². The third kappa shape index (κ3) is 3.25. The number of thioether (sulfide) groups is 1. The summed E-state index contributed by atoms with van der Waals surface area (Å²) < 4.78 is 0. The van der Waals surface area contributed by atoms with E-state index in [1.54, 1.807) is 23.9 Å². The van der Waals surface area contributed by atoms with Crippen LogP contribution in [0.15, 0.2) is 17.2 Å². The third-order valence-electron chi connectivity index (χ3n) is 3.40. The van der Waals surface area contributed by atoms with E-state index in [1.165, 1.54) is 25.7 Å². The highest BCUT2D eigenvalue weighted by molar-refractivity contribution is 7.99. The largest absolute Gasteiger partial charge is 0.478 e. The summed E-state index contributed by atoms with van der Waals surface area (Å²) in [6.07, 6.45) is 4.88. The van der Waals surface area contributed by atoms with Gasteiger partial charge in [0.25, 0.3) is 0 Å². The zero-order valence-electron chi connectivity index (χ0n) is 10.8. The van der Waals surface area contributed by atoms with E-state index in [0.717, 1.165) is 11.6 Å². The zero-order chi connectivity index (χ0) is 13.1. The number of rotatable bonds is 3. The summed E-state index contributed by atoms with van der Waals surface area (Å²) in [5, 5.41) is 10.4. The molecule has 0 aromatic carbocycles. The Kier molecular flexibility index (Phi) is 4.27. The van der Waals surface area contributed by atoms with Crippen LogP contribution in [0, 0.1) is 12.8 Å². The average Bonchev–Trinajstić information content (AvgIpc) is 2.28. The molecule has 4 heteroatoms. The number of pyridine rings is 1. The predicted octanol–water partition coefficient (Wildman–Crippen LogP) is 3.76. The minimum atomic E-state index is -0.881. The monoisotopic (exact) mass is 265 g/mol. The summed E-state index contributed by atoms with van der Waals surface area (Å²) in [5.41, 5.74) is 1.22. The van der Waals surface area contributed by atoms with Crippen LogP contribution in [0.2, 0.25) is 0 Å². The summed E-state index contributed by atoms with van der Waals surface area (Å²) in [4.78, 5) is 15.6. The van der Waals surface area contributed by atoms with Gasteiger partial charge in [-0.15, -0.1) is 11.8 Å². The van der Waals surface area contributed by atoms with Gasteiger partial charge in [0.15, 0.2) is 0 Å². The number of hydrogen-bond acceptors (Lipinski definition) is 3. The molecule has 1 N–H and O–H groups in total. The fourth-order valence-electron chi connectivity index (χ4n) is 2.43. The fourth-order valence-corrected chi connectivity index (χ4v) is 3.93. The van der Waals surface area contributed by atoms with Gasteiger partial charge >= 0.3 is 5.97 Å². The maximum atomic E-state index is 11.2. The summed E-state index contributed by atoms with van der Waals surface area (Å²) in [6, 6.07) is 3.43. The van der Waals surface area contributed by atoms with Gasteiger partial charge in [0.2, 0.25) is 0 Å². The van der Waals surface area contributed by atoms with Gasteiger partial charge < -0.3 is 5.11 Å². The van der Waals surface area contributed by atoms with Crippen molar-refractivity contribution in [3.63, 3.8) is 0 Å². The lowest BCUT2D eigenvalue weighted by molar-refractivity contribution is 0.0692. The molecule has 1 aromatic rings. The summed E-state index contributed by atoms with van der Waals surface area (Å²) in [6.45, 7) is 4.17. The molecule has 2 rings (SSSR count). The molecule has 0 radical (unpaired) electrons. The Morgan fingerprint density at radius 3 is 2.89 bits per heavy atom. The number of carbonyl (C=O) groups is 1. The number of hydrogen-bond donors (Lipinski definition) is 1. The van der Waals surface area contributed by atoms with Gasteiger partial charge in [0, 0.05) is 10.9 Å². The number of nitrogens with zero attached hydrogens (tertiary/aromatic N) is 1. The Morgan fingerprint density at radius 1 is 1.44 bits per heavy atom. The second-order valence-electron chi connectivity index (χ2n) is 5.12. The molecule has 0 aliphatic heterocycles. The second-order valence-corrected chi connectivity index (χ2v) is 6.41.